The Morgan fingerprint density at radius 1 is 0.704 bits per heavy atom. The van der Waals surface area contributed by atoms with Crippen LogP contribution in [0.5, 0.6) is 0 Å². The SMILES string of the molecule is CCCCCCCCCCCCCCN(C(=O)CCCCCCCCCCC)[C@]1(N)O[C@H](CO)[C@@H](O)[C@H](O)[C@H]1C(=O)[C@H](CC(C)C)NC(=O)CCC(=O)O. The molecule has 0 unspecified atom stereocenters. The minimum absolute atomic E-state index is 0.104. The molecular weight excluding hydrogens is 690 g/mol. The summed E-state index contributed by atoms with van der Waals surface area (Å²) in [5.41, 5.74) is 7.00. The van der Waals surface area contributed by atoms with Crippen LogP contribution in [0.3, 0.4) is 0 Å². The first-order chi connectivity index (χ1) is 25.8. The molecular formula is C42H79N3O9. The van der Waals surface area contributed by atoms with Crippen LogP contribution in [-0.4, -0.2) is 92.2 Å². The molecule has 0 aromatic carbocycles. The quantitative estimate of drug-likeness (QED) is 0.0307. The molecule has 1 aliphatic heterocycles. The van der Waals surface area contributed by atoms with Gasteiger partial charge in [-0.1, -0.05) is 150 Å². The lowest BCUT2D eigenvalue weighted by molar-refractivity contribution is -0.292. The Morgan fingerprint density at radius 2 is 1.17 bits per heavy atom. The van der Waals surface area contributed by atoms with Crippen molar-refractivity contribution < 1.29 is 44.3 Å². The highest BCUT2D eigenvalue weighted by Crippen LogP contribution is 2.37. The van der Waals surface area contributed by atoms with Crippen LogP contribution >= 0.6 is 0 Å². The second-order valence-electron chi connectivity index (χ2n) is 16.1. The van der Waals surface area contributed by atoms with Crippen molar-refractivity contribution >= 4 is 23.6 Å². The largest absolute Gasteiger partial charge is 0.481 e. The first-order valence-electron chi connectivity index (χ1n) is 21.6. The molecule has 0 aromatic heterocycles. The highest BCUT2D eigenvalue weighted by atomic mass is 16.6. The van der Waals surface area contributed by atoms with Crippen LogP contribution in [-0.2, 0) is 23.9 Å². The molecule has 2 amide bonds. The smallest absolute Gasteiger partial charge is 0.303 e. The summed E-state index contributed by atoms with van der Waals surface area (Å²) in [4.78, 5) is 53.8. The van der Waals surface area contributed by atoms with E-state index in [2.05, 4.69) is 19.2 Å². The number of ether oxygens (including phenoxy) is 1. The van der Waals surface area contributed by atoms with Gasteiger partial charge in [-0.05, 0) is 25.2 Å². The number of nitrogens with zero attached hydrogens (tertiary/aromatic N) is 1. The van der Waals surface area contributed by atoms with Crippen molar-refractivity contribution in [1.29, 1.82) is 0 Å². The summed E-state index contributed by atoms with van der Waals surface area (Å²) in [7, 11) is 0. The number of carboxylic acids is 1. The second-order valence-corrected chi connectivity index (χ2v) is 16.1. The van der Waals surface area contributed by atoms with Gasteiger partial charge in [-0.25, -0.2) is 0 Å². The number of unbranched alkanes of at least 4 members (excludes halogenated alkanes) is 19. The van der Waals surface area contributed by atoms with Crippen molar-refractivity contribution in [1.82, 2.24) is 10.2 Å². The molecule has 7 N–H and O–H groups in total. The Hall–Kier alpha value is -2.12. The third-order valence-electron chi connectivity index (χ3n) is 10.7. The normalized spacial score (nSPS) is 21.9. The molecule has 0 spiro atoms. The van der Waals surface area contributed by atoms with Gasteiger partial charge in [0.25, 0.3) is 0 Å². The third-order valence-corrected chi connectivity index (χ3v) is 10.7. The van der Waals surface area contributed by atoms with Gasteiger partial charge in [-0.15, -0.1) is 0 Å². The lowest BCUT2D eigenvalue weighted by Crippen LogP contribution is -2.76. The number of carboxylic acid groups (broad SMARTS) is 1. The molecule has 0 saturated carbocycles. The predicted octanol–water partition coefficient (Wildman–Crippen LogP) is 6.74. The maximum atomic E-state index is 14.4. The van der Waals surface area contributed by atoms with Gasteiger partial charge in [-0.3, -0.25) is 24.9 Å². The van der Waals surface area contributed by atoms with Crippen LogP contribution in [0.15, 0.2) is 0 Å². The van der Waals surface area contributed by atoms with Crippen LogP contribution in [0, 0.1) is 11.8 Å². The summed E-state index contributed by atoms with van der Waals surface area (Å²) in [6.07, 6.45) is 17.7. The highest BCUT2D eigenvalue weighted by Gasteiger charge is 2.59. The fourth-order valence-electron chi connectivity index (χ4n) is 7.54. The van der Waals surface area contributed by atoms with Crippen LogP contribution in [0.4, 0.5) is 0 Å². The number of rotatable bonds is 33. The summed E-state index contributed by atoms with van der Waals surface area (Å²) >= 11 is 0. The second kappa shape index (κ2) is 29.2. The molecule has 1 saturated heterocycles. The maximum Gasteiger partial charge on any atom is 0.303 e. The third kappa shape index (κ3) is 19.2. The maximum absolute atomic E-state index is 14.4. The summed E-state index contributed by atoms with van der Waals surface area (Å²) < 4.78 is 6.12. The molecule has 0 bridgehead atoms. The fraction of sp³-hybridized carbons (Fsp3) is 0.905. The number of nitrogens with one attached hydrogen (secondary N) is 1. The van der Waals surface area contributed by atoms with E-state index < -0.39 is 66.8 Å². The van der Waals surface area contributed by atoms with Crippen molar-refractivity contribution in [2.24, 2.45) is 17.6 Å². The number of aliphatic hydroxyl groups excluding tert-OH is 3. The average molecular weight is 770 g/mol. The van der Waals surface area contributed by atoms with Crippen molar-refractivity contribution in [2.75, 3.05) is 13.2 Å². The van der Waals surface area contributed by atoms with E-state index >= 15 is 0 Å². The topological polar surface area (TPSA) is 200 Å². The van der Waals surface area contributed by atoms with Crippen molar-refractivity contribution in [3.05, 3.63) is 0 Å². The predicted molar refractivity (Wildman–Crippen MR) is 212 cm³/mol. The van der Waals surface area contributed by atoms with E-state index in [-0.39, 0.29) is 37.6 Å². The fourth-order valence-corrected chi connectivity index (χ4v) is 7.54. The first-order valence-corrected chi connectivity index (χ1v) is 21.6. The molecule has 6 atom stereocenters. The minimum Gasteiger partial charge on any atom is -0.481 e. The molecule has 1 aliphatic rings. The number of carbonyl (C=O) groups is 4. The van der Waals surface area contributed by atoms with Gasteiger partial charge in [-0.2, -0.15) is 0 Å². The summed E-state index contributed by atoms with van der Waals surface area (Å²) in [6, 6.07) is -1.20. The van der Waals surface area contributed by atoms with E-state index in [1.807, 2.05) is 13.8 Å². The van der Waals surface area contributed by atoms with Crippen molar-refractivity contribution in [2.45, 2.75) is 218 Å². The Bertz CT molecular complexity index is 1040. The van der Waals surface area contributed by atoms with Crippen LogP contribution in [0.25, 0.3) is 0 Å². The zero-order chi connectivity index (χ0) is 40.4. The standard InChI is InChI=1S/C42H79N3O9/c1-5-7-9-11-13-15-16-17-19-21-23-25-29-45(36(48)26-24-22-20-18-14-12-10-8-6-2)42(43)38(41(53)40(52)34(31-46)54-42)39(51)33(30-32(3)4)44-35(47)27-28-37(49)50/h32-34,38,40-41,46,52-53H,5-31,43H2,1-4H3,(H,44,47)(H,49,50)/t33-,34+,38+,40+,41+,42-/m0/s1. The Morgan fingerprint density at radius 3 is 1.61 bits per heavy atom. The zero-order valence-corrected chi connectivity index (χ0v) is 34.4. The Balaban J connectivity index is 3.21. The number of hydrogen-bond donors (Lipinski definition) is 6. The Kier molecular flexibility index (Phi) is 27.0. The van der Waals surface area contributed by atoms with Crippen LogP contribution in [0.1, 0.15) is 188 Å². The molecule has 12 nitrogen and oxygen atoms in total. The van der Waals surface area contributed by atoms with Gasteiger partial charge in [0.15, 0.2) is 5.78 Å². The lowest BCUT2D eigenvalue weighted by Gasteiger charge is -2.53. The molecule has 54 heavy (non-hydrogen) atoms. The molecule has 0 radical (unpaired) electrons. The average Bonchev–Trinajstić information content (AvgIpc) is 3.12. The van der Waals surface area contributed by atoms with Gasteiger partial charge in [0.2, 0.25) is 17.7 Å². The Labute approximate surface area is 326 Å². The molecule has 1 heterocycles. The van der Waals surface area contributed by atoms with Gasteiger partial charge in [0.05, 0.1) is 25.2 Å². The number of amides is 2. The number of nitrogens with two attached hydrogens (primary N) is 1. The number of aliphatic hydroxyl groups is 3. The highest BCUT2D eigenvalue weighted by molar-refractivity contribution is 5.93. The molecule has 316 valence electrons. The van der Waals surface area contributed by atoms with E-state index in [0.717, 1.165) is 51.4 Å². The van der Waals surface area contributed by atoms with Gasteiger partial charge < -0.3 is 35.4 Å². The van der Waals surface area contributed by atoms with Crippen LogP contribution < -0.4 is 11.1 Å². The van der Waals surface area contributed by atoms with E-state index in [9.17, 15) is 34.5 Å². The van der Waals surface area contributed by atoms with Crippen molar-refractivity contribution in [3.63, 3.8) is 0 Å². The minimum atomic E-state index is -2.22. The van der Waals surface area contributed by atoms with E-state index in [1.165, 1.54) is 75.5 Å². The van der Waals surface area contributed by atoms with Crippen molar-refractivity contribution in [3.8, 4) is 0 Å². The summed E-state index contributed by atoms with van der Waals surface area (Å²) in [5, 5.41) is 44.3. The molecule has 1 fully saturated rings. The number of hydrogen-bond acceptors (Lipinski definition) is 9. The lowest BCUT2D eigenvalue weighted by atomic mass is 9.79. The van der Waals surface area contributed by atoms with E-state index in [1.54, 1.807) is 0 Å². The van der Waals surface area contributed by atoms with E-state index in [0.29, 0.717) is 12.8 Å². The van der Waals surface area contributed by atoms with Crippen LogP contribution in [0.2, 0.25) is 0 Å². The summed E-state index contributed by atoms with van der Waals surface area (Å²) in [5.74, 6) is -6.88. The van der Waals surface area contributed by atoms with Gasteiger partial charge in [0, 0.05) is 19.4 Å². The monoisotopic (exact) mass is 770 g/mol. The molecule has 0 aromatic rings. The summed E-state index contributed by atoms with van der Waals surface area (Å²) in [6.45, 7) is 7.55. The number of carbonyl (C=O) groups excluding carboxylic acids is 3. The van der Waals surface area contributed by atoms with Gasteiger partial charge >= 0.3 is 5.97 Å². The number of aliphatic carboxylic acids is 1. The van der Waals surface area contributed by atoms with Gasteiger partial charge in [0.1, 0.15) is 18.1 Å². The first kappa shape index (κ1) is 49.9. The number of ketones is 1. The molecule has 1 rings (SSSR count). The zero-order valence-electron chi connectivity index (χ0n) is 34.4. The number of Topliss-reactive ketones (excluding diaryl/α,β-unsaturated/α-hetero) is 1. The van der Waals surface area contributed by atoms with E-state index in [4.69, 9.17) is 15.6 Å². The molecule has 0 aliphatic carbocycles. The molecule has 12 heteroatoms.